The number of esters is 1. The van der Waals surface area contributed by atoms with Crippen molar-refractivity contribution >= 4 is 34.5 Å². The summed E-state index contributed by atoms with van der Waals surface area (Å²) in [6.07, 6.45) is 2.67. The van der Waals surface area contributed by atoms with Crippen LogP contribution >= 0.6 is 11.8 Å². The van der Waals surface area contributed by atoms with Crippen molar-refractivity contribution in [2.75, 3.05) is 18.9 Å². The number of para-hydroxylation sites is 1. The zero-order valence-electron chi connectivity index (χ0n) is 16.1. The lowest BCUT2D eigenvalue weighted by atomic mass is 10.1. The molecule has 0 aliphatic carbocycles. The number of aryl methyl sites for hydroxylation is 2. The monoisotopic (exact) mass is 396 g/mol. The van der Waals surface area contributed by atoms with Crippen molar-refractivity contribution in [1.82, 2.24) is 10.3 Å². The van der Waals surface area contributed by atoms with Gasteiger partial charge in [0.05, 0.1) is 5.75 Å². The molecule has 0 atom stereocenters. The normalized spacial score (nSPS) is 10.8. The maximum absolute atomic E-state index is 11.9. The van der Waals surface area contributed by atoms with E-state index in [0.29, 0.717) is 13.0 Å². The van der Waals surface area contributed by atoms with Crippen molar-refractivity contribution in [3.8, 4) is 0 Å². The van der Waals surface area contributed by atoms with Gasteiger partial charge in [-0.05, 0) is 43.5 Å². The lowest BCUT2D eigenvalue weighted by molar-refractivity contribution is -0.145. The molecule has 146 valence electrons. The molecule has 2 aromatic carbocycles. The fourth-order valence-electron chi connectivity index (χ4n) is 3.01. The Morgan fingerprint density at radius 2 is 1.96 bits per heavy atom. The highest BCUT2D eigenvalue weighted by molar-refractivity contribution is 8.00. The van der Waals surface area contributed by atoms with Gasteiger partial charge in [0, 0.05) is 28.5 Å². The number of amides is 1. The van der Waals surface area contributed by atoms with E-state index in [1.807, 2.05) is 50.4 Å². The molecule has 1 aromatic heterocycles. The summed E-state index contributed by atoms with van der Waals surface area (Å²) in [6.45, 7) is 4.30. The molecule has 6 heteroatoms. The SMILES string of the molecule is Cc1ccc(SCC(=O)OCC(=O)NCCc2c[nH]c3ccccc23)c(C)c1. The predicted octanol–water partition coefficient (Wildman–Crippen LogP) is 3.78. The zero-order chi connectivity index (χ0) is 19.9. The fraction of sp³-hybridized carbons (Fsp3) is 0.273. The molecule has 28 heavy (non-hydrogen) atoms. The average molecular weight is 397 g/mol. The number of H-pyrrole nitrogens is 1. The van der Waals surface area contributed by atoms with Gasteiger partial charge in [-0.25, -0.2) is 0 Å². The highest BCUT2D eigenvalue weighted by atomic mass is 32.2. The van der Waals surface area contributed by atoms with Crippen LogP contribution in [-0.2, 0) is 20.7 Å². The summed E-state index contributed by atoms with van der Waals surface area (Å²) in [6, 6.07) is 14.1. The number of carbonyl (C=O) groups excluding carboxylic acids is 2. The summed E-state index contributed by atoms with van der Waals surface area (Å²) in [4.78, 5) is 28.0. The highest BCUT2D eigenvalue weighted by Gasteiger charge is 2.10. The third-order valence-electron chi connectivity index (χ3n) is 4.43. The van der Waals surface area contributed by atoms with Crippen LogP contribution in [0.4, 0.5) is 0 Å². The van der Waals surface area contributed by atoms with Gasteiger partial charge in [-0.15, -0.1) is 11.8 Å². The number of rotatable bonds is 8. The molecule has 0 aliphatic rings. The Morgan fingerprint density at radius 3 is 2.79 bits per heavy atom. The van der Waals surface area contributed by atoms with Gasteiger partial charge in [0.15, 0.2) is 6.61 Å². The predicted molar refractivity (Wildman–Crippen MR) is 113 cm³/mol. The Morgan fingerprint density at radius 1 is 1.14 bits per heavy atom. The van der Waals surface area contributed by atoms with Crippen molar-refractivity contribution in [1.29, 1.82) is 0 Å². The molecular weight excluding hydrogens is 372 g/mol. The molecule has 0 fully saturated rings. The highest BCUT2D eigenvalue weighted by Crippen LogP contribution is 2.23. The van der Waals surface area contributed by atoms with E-state index >= 15 is 0 Å². The number of nitrogens with one attached hydrogen (secondary N) is 2. The molecule has 2 N–H and O–H groups in total. The molecule has 0 bridgehead atoms. The Hall–Kier alpha value is -2.73. The van der Waals surface area contributed by atoms with Gasteiger partial charge in [-0.1, -0.05) is 35.9 Å². The second kappa shape index (κ2) is 9.46. The molecule has 1 heterocycles. The summed E-state index contributed by atoms with van der Waals surface area (Å²) in [5, 5.41) is 3.95. The number of carbonyl (C=O) groups is 2. The zero-order valence-corrected chi connectivity index (χ0v) is 16.9. The maximum atomic E-state index is 11.9. The number of aromatic amines is 1. The van der Waals surface area contributed by atoms with Crippen molar-refractivity contribution in [2.45, 2.75) is 25.2 Å². The van der Waals surface area contributed by atoms with E-state index < -0.39 is 5.97 Å². The minimum atomic E-state index is -0.392. The van der Waals surface area contributed by atoms with Crippen molar-refractivity contribution < 1.29 is 14.3 Å². The van der Waals surface area contributed by atoms with Crippen LogP contribution in [0.5, 0.6) is 0 Å². The van der Waals surface area contributed by atoms with Crippen LogP contribution < -0.4 is 5.32 Å². The van der Waals surface area contributed by atoms with E-state index in [9.17, 15) is 9.59 Å². The second-order valence-corrected chi connectivity index (χ2v) is 7.69. The molecule has 0 spiro atoms. The first kappa shape index (κ1) is 20.0. The lowest BCUT2D eigenvalue weighted by Gasteiger charge is -2.08. The number of thioether (sulfide) groups is 1. The van der Waals surface area contributed by atoms with Crippen molar-refractivity contribution in [2.24, 2.45) is 0 Å². The van der Waals surface area contributed by atoms with E-state index in [1.54, 1.807) is 0 Å². The van der Waals surface area contributed by atoms with Crippen LogP contribution in [0.1, 0.15) is 16.7 Å². The van der Waals surface area contributed by atoms with E-state index in [2.05, 4.69) is 22.4 Å². The van der Waals surface area contributed by atoms with Crippen LogP contribution in [0.15, 0.2) is 53.6 Å². The first-order valence-corrected chi connectivity index (χ1v) is 10.2. The third kappa shape index (κ3) is 5.39. The maximum Gasteiger partial charge on any atom is 0.316 e. The number of benzene rings is 2. The summed E-state index contributed by atoms with van der Waals surface area (Å²) < 4.78 is 5.07. The minimum Gasteiger partial charge on any atom is -0.455 e. The van der Waals surface area contributed by atoms with Crippen molar-refractivity contribution in [3.63, 3.8) is 0 Å². The van der Waals surface area contributed by atoms with Gasteiger partial charge >= 0.3 is 5.97 Å². The summed E-state index contributed by atoms with van der Waals surface area (Å²) in [5.74, 6) is -0.492. The minimum absolute atomic E-state index is 0.187. The second-order valence-electron chi connectivity index (χ2n) is 6.68. The van der Waals surface area contributed by atoms with Crippen LogP contribution in [-0.4, -0.2) is 35.8 Å². The summed E-state index contributed by atoms with van der Waals surface area (Å²) in [7, 11) is 0. The average Bonchev–Trinajstić information content (AvgIpc) is 3.09. The molecule has 0 unspecified atom stereocenters. The van der Waals surface area contributed by atoms with Crippen LogP contribution in [0.2, 0.25) is 0 Å². The first-order chi connectivity index (χ1) is 13.5. The van der Waals surface area contributed by atoms with Crippen LogP contribution in [0.25, 0.3) is 10.9 Å². The first-order valence-electron chi connectivity index (χ1n) is 9.20. The summed E-state index contributed by atoms with van der Waals surface area (Å²) in [5.41, 5.74) is 4.55. The number of ether oxygens (including phenoxy) is 1. The van der Waals surface area contributed by atoms with Crippen LogP contribution in [0, 0.1) is 13.8 Å². The Balaban J connectivity index is 1.36. The number of aromatic nitrogens is 1. The van der Waals surface area contributed by atoms with E-state index in [-0.39, 0.29) is 18.3 Å². The Bertz CT molecular complexity index is 981. The van der Waals surface area contributed by atoms with Gasteiger partial charge in [0.1, 0.15) is 0 Å². The van der Waals surface area contributed by atoms with Gasteiger partial charge in [0.25, 0.3) is 5.91 Å². The molecule has 0 saturated carbocycles. The molecule has 0 saturated heterocycles. The molecule has 0 aliphatic heterocycles. The van der Waals surface area contributed by atoms with E-state index in [1.165, 1.54) is 17.3 Å². The molecular formula is C22H24N2O3S. The molecule has 3 rings (SSSR count). The number of hydrogen-bond acceptors (Lipinski definition) is 4. The number of fused-ring (bicyclic) bond motifs is 1. The quantitative estimate of drug-likeness (QED) is 0.449. The van der Waals surface area contributed by atoms with E-state index in [4.69, 9.17) is 4.74 Å². The summed E-state index contributed by atoms with van der Waals surface area (Å²) >= 11 is 1.42. The van der Waals surface area contributed by atoms with Gasteiger partial charge in [0.2, 0.25) is 0 Å². The Kier molecular flexibility index (Phi) is 6.76. The van der Waals surface area contributed by atoms with Crippen LogP contribution in [0.3, 0.4) is 0 Å². The topological polar surface area (TPSA) is 71.2 Å². The smallest absolute Gasteiger partial charge is 0.316 e. The molecule has 1 amide bonds. The Labute approximate surface area is 168 Å². The standard InChI is InChI=1S/C22H24N2O3S/c1-15-7-8-20(16(2)11-15)28-14-22(26)27-13-21(25)23-10-9-17-12-24-19-6-4-3-5-18(17)19/h3-8,11-12,24H,9-10,13-14H2,1-2H3,(H,23,25). The van der Waals surface area contributed by atoms with Gasteiger partial charge in [-0.2, -0.15) is 0 Å². The number of hydrogen-bond donors (Lipinski definition) is 2. The van der Waals surface area contributed by atoms with Crippen molar-refractivity contribution in [3.05, 3.63) is 65.4 Å². The molecule has 0 radical (unpaired) electrons. The van der Waals surface area contributed by atoms with Gasteiger partial charge < -0.3 is 15.0 Å². The largest absolute Gasteiger partial charge is 0.455 e. The fourth-order valence-corrected chi connectivity index (χ4v) is 3.82. The van der Waals surface area contributed by atoms with E-state index in [0.717, 1.165) is 26.9 Å². The lowest BCUT2D eigenvalue weighted by Crippen LogP contribution is -2.30. The molecule has 5 nitrogen and oxygen atoms in total. The molecule has 3 aromatic rings. The third-order valence-corrected chi connectivity index (χ3v) is 5.58. The van der Waals surface area contributed by atoms with Gasteiger partial charge in [-0.3, -0.25) is 9.59 Å².